The molecule has 0 aromatic rings. The number of aliphatic hydroxyl groups excluding tert-OH is 1. The summed E-state index contributed by atoms with van der Waals surface area (Å²) in [5.41, 5.74) is 0. The van der Waals surface area contributed by atoms with Gasteiger partial charge in [0.15, 0.2) is 6.10 Å². The summed E-state index contributed by atoms with van der Waals surface area (Å²) < 4.78 is 14.2. The van der Waals surface area contributed by atoms with Gasteiger partial charge >= 0.3 is 5.97 Å². The van der Waals surface area contributed by atoms with Gasteiger partial charge < -0.3 is 19.3 Å². The van der Waals surface area contributed by atoms with Crippen LogP contribution >= 0.6 is 0 Å². The molecule has 0 radical (unpaired) electrons. The number of hydrogen-bond donors (Lipinski definition) is 1. The van der Waals surface area contributed by atoms with Crippen LogP contribution in [-0.2, 0) is 19.0 Å². The van der Waals surface area contributed by atoms with Crippen LogP contribution in [0.3, 0.4) is 0 Å². The van der Waals surface area contributed by atoms with Crippen LogP contribution in [0.25, 0.3) is 0 Å². The Hall–Kier alpha value is -0.650. The molecule has 0 saturated carbocycles. The van der Waals surface area contributed by atoms with Crippen LogP contribution < -0.4 is 0 Å². The number of ether oxygens (including phenoxy) is 3. The highest BCUT2D eigenvalue weighted by Gasteiger charge is 2.16. The molecular formula is C8H16O5. The molecule has 0 aliphatic heterocycles. The molecule has 0 aliphatic rings. The summed E-state index contributed by atoms with van der Waals surface area (Å²) in [4.78, 5) is 10.7. The third-order valence-electron chi connectivity index (χ3n) is 1.41. The van der Waals surface area contributed by atoms with Gasteiger partial charge in [0, 0.05) is 7.11 Å². The van der Waals surface area contributed by atoms with E-state index in [9.17, 15) is 4.79 Å². The zero-order valence-electron chi connectivity index (χ0n) is 8.15. The molecular weight excluding hydrogens is 176 g/mol. The van der Waals surface area contributed by atoms with Crippen molar-refractivity contribution >= 4 is 5.97 Å². The van der Waals surface area contributed by atoms with Crippen LogP contribution in [0.5, 0.6) is 0 Å². The van der Waals surface area contributed by atoms with Gasteiger partial charge in [-0.25, -0.2) is 4.79 Å². The fourth-order valence-corrected chi connectivity index (χ4v) is 0.742. The SMILES string of the molecule is COCC(C)OCC(O)C(=O)OC. The zero-order valence-corrected chi connectivity index (χ0v) is 8.15. The van der Waals surface area contributed by atoms with Crippen LogP contribution in [0.15, 0.2) is 0 Å². The van der Waals surface area contributed by atoms with E-state index in [0.717, 1.165) is 0 Å². The molecule has 0 aliphatic carbocycles. The Kier molecular flexibility index (Phi) is 6.48. The van der Waals surface area contributed by atoms with Gasteiger partial charge in [0.2, 0.25) is 0 Å². The van der Waals surface area contributed by atoms with Crippen molar-refractivity contribution in [1.29, 1.82) is 0 Å². The summed E-state index contributed by atoms with van der Waals surface area (Å²) >= 11 is 0. The molecule has 0 amide bonds. The molecule has 2 unspecified atom stereocenters. The number of methoxy groups -OCH3 is 2. The standard InChI is InChI=1S/C8H16O5/c1-6(4-11-2)13-5-7(9)8(10)12-3/h6-7,9H,4-5H2,1-3H3. The minimum absolute atomic E-state index is 0.0722. The van der Waals surface area contributed by atoms with Gasteiger partial charge in [0.1, 0.15) is 0 Å². The normalized spacial score (nSPS) is 15.1. The van der Waals surface area contributed by atoms with E-state index in [1.165, 1.54) is 7.11 Å². The van der Waals surface area contributed by atoms with Crippen molar-refractivity contribution in [2.45, 2.75) is 19.1 Å². The van der Waals surface area contributed by atoms with E-state index in [-0.39, 0.29) is 12.7 Å². The molecule has 78 valence electrons. The number of carbonyl (C=O) groups excluding carboxylic acids is 1. The predicted molar refractivity (Wildman–Crippen MR) is 45.3 cm³/mol. The van der Waals surface area contributed by atoms with Crippen LogP contribution in [0.1, 0.15) is 6.92 Å². The van der Waals surface area contributed by atoms with E-state index in [4.69, 9.17) is 14.6 Å². The maximum absolute atomic E-state index is 10.7. The second-order valence-corrected chi connectivity index (χ2v) is 2.64. The second-order valence-electron chi connectivity index (χ2n) is 2.64. The van der Waals surface area contributed by atoms with E-state index in [2.05, 4.69) is 4.74 Å². The molecule has 1 N–H and O–H groups in total. The van der Waals surface area contributed by atoms with E-state index >= 15 is 0 Å². The maximum Gasteiger partial charge on any atom is 0.337 e. The number of rotatable bonds is 6. The van der Waals surface area contributed by atoms with Gasteiger partial charge in [0.05, 0.1) is 26.4 Å². The van der Waals surface area contributed by atoms with Crippen molar-refractivity contribution in [3.8, 4) is 0 Å². The molecule has 0 saturated heterocycles. The van der Waals surface area contributed by atoms with Crippen LogP contribution in [0.2, 0.25) is 0 Å². The Morgan fingerprint density at radius 1 is 1.38 bits per heavy atom. The first kappa shape index (κ1) is 12.3. The number of esters is 1. The average Bonchev–Trinajstić information content (AvgIpc) is 2.13. The molecule has 2 atom stereocenters. The summed E-state index contributed by atoms with van der Waals surface area (Å²) in [7, 11) is 2.76. The molecule has 0 rings (SSSR count). The van der Waals surface area contributed by atoms with Gasteiger partial charge in [-0.3, -0.25) is 0 Å². The molecule has 0 aromatic carbocycles. The van der Waals surface area contributed by atoms with Gasteiger partial charge in [-0.1, -0.05) is 0 Å². The van der Waals surface area contributed by atoms with E-state index in [1.54, 1.807) is 14.0 Å². The average molecular weight is 192 g/mol. The molecule has 0 fully saturated rings. The van der Waals surface area contributed by atoms with E-state index in [1.807, 2.05) is 0 Å². The Morgan fingerprint density at radius 2 is 2.00 bits per heavy atom. The summed E-state index contributed by atoms with van der Waals surface area (Å²) in [5, 5.41) is 9.09. The van der Waals surface area contributed by atoms with Crippen LogP contribution in [-0.4, -0.2) is 50.7 Å². The molecule has 0 aromatic heterocycles. The predicted octanol–water partition coefficient (Wildman–Crippen LogP) is -0.428. The number of hydrogen-bond acceptors (Lipinski definition) is 5. The van der Waals surface area contributed by atoms with Crippen molar-refractivity contribution in [3.63, 3.8) is 0 Å². The topological polar surface area (TPSA) is 65.0 Å². The fraction of sp³-hybridized carbons (Fsp3) is 0.875. The van der Waals surface area contributed by atoms with Crippen LogP contribution in [0.4, 0.5) is 0 Å². The quantitative estimate of drug-likeness (QED) is 0.578. The molecule has 0 bridgehead atoms. The van der Waals surface area contributed by atoms with E-state index < -0.39 is 12.1 Å². The van der Waals surface area contributed by atoms with Crippen molar-refractivity contribution < 1.29 is 24.1 Å². The van der Waals surface area contributed by atoms with Gasteiger partial charge in [-0.15, -0.1) is 0 Å². The number of aliphatic hydroxyl groups is 1. The Morgan fingerprint density at radius 3 is 2.46 bits per heavy atom. The maximum atomic E-state index is 10.7. The highest BCUT2D eigenvalue weighted by molar-refractivity contribution is 5.74. The van der Waals surface area contributed by atoms with Gasteiger partial charge in [-0.2, -0.15) is 0 Å². The largest absolute Gasteiger partial charge is 0.467 e. The van der Waals surface area contributed by atoms with Crippen LogP contribution in [0, 0.1) is 0 Å². The van der Waals surface area contributed by atoms with Crippen molar-refractivity contribution in [2.75, 3.05) is 27.4 Å². The van der Waals surface area contributed by atoms with Crippen molar-refractivity contribution in [1.82, 2.24) is 0 Å². The first-order valence-corrected chi connectivity index (χ1v) is 3.98. The lowest BCUT2D eigenvalue weighted by atomic mass is 10.4. The third-order valence-corrected chi connectivity index (χ3v) is 1.41. The first-order chi connectivity index (χ1) is 6.11. The van der Waals surface area contributed by atoms with Gasteiger partial charge in [-0.05, 0) is 6.92 Å². The minimum atomic E-state index is -1.22. The van der Waals surface area contributed by atoms with Crippen molar-refractivity contribution in [2.24, 2.45) is 0 Å². The lowest BCUT2D eigenvalue weighted by Crippen LogP contribution is -2.30. The summed E-state index contributed by atoms with van der Waals surface area (Å²) in [6, 6.07) is 0. The first-order valence-electron chi connectivity index (χ1n) is 3.98. The highest BCUT2D eigenvalue weighted by Crippen LogP contribution is 1.95. The lowest BCUT2D eigenvalue weighted by molar-refractivity contribution is -0.155. The molecule has 13 heavy (non-hydrogen) atoms. The lowest BCUT2D eigenvalue weighted by Gasteiger charge is -2.14. The number of carbonyl (C=O) groups is 1. The molecule has 0 heterocycles. The molecule has 5 nitrogen and oxygen atoms in total. The summed E-state index contributed by atoms with van der Waals surface area (Å²) in [6.07, 6.45) is -1.37. The molecule has 5 heteroatoms. The summed E-state index contributed by atoms with van der Waals surface area (Å²) in [6.45, 7) is 2.14. The molecule has 0 spiro atoms. The monoisotopic (exact) mass is 192 g/mol. The second kappa shape index (κ2) is 6.82. The van der Waals surface area contributed by atoms with Crippen molar-refractivity contribution in [3.05, 3.63) is 0 Å². The summed E-state index contributed by atoms with van der Waals surface area (Å²) in [5.74, 6) is -0.690. The minimum Gasteiger partial charge on any atom is -0.467 e. The fourth-order valence-electron chi connectivity index (χ4n) is 0.742. The van der Waals surface area contributed by atoms with Gasteiger partial charge in [0.25, 0.3) is 0 Å². The Balaban J connectivity index is 3.56. The highest BCUT2D eigenvalue weighted by atomic mass is 16.6. The smallest absolute Gasteiger partial charge is 0.337 e. The Labute approximate surface area is 77.6 Å². The zero-order chi connectivity index (χ0) is 10.3. The Bertz CT molecular complexity index is 147. The third kappa shape index (κ3) is 5.57. The van der Waals surface area contributed by atoms with E-state index in [0.29, 0.717) is 6.61 Å².